The van der Waals surface area contributed by atoms with Crippen LogP contribution in [0.15, 0.2) is 22.5 Å². The van der Waals surface area contributed by atoms with E-state index in [0.29, 0.717) is 26.2 Å². The number of thiophene rings is 1. The topological polar surface area (TPSA) is 74.2 Å². The maximum atomic E-state index is 12.5. The average Bonchev–Trinajstić information content (AvgIpc) is 3.18. The SMILES string of the molecule is CN=C(NCC(C)(C)c1cccs1)N1CCN(S(=O)(=O)CCOC(C)C)CC1.I. The molecule has 0 atom stereocenters. The molecule has 2 rings (SSSR count). The quantitative estimate of drug-likeness (QED) is 0.302. The molecule has 10 heteroatoms. The Kier molecular flexibility index (Phi) is 10.8. The van der Waals surface area contributed by atoms with Gasteiger partial charge in [-0.15, -0.1) is 35.3 Å². The van der Waals surface area contributed by atoms with Crippen LogP contribution >= 0.6 is 35.3 Å². The van der Waals surface area contributed by atoms with Crippen molar-refractivity contribution in [3.05, 3.63) is 22.4 Å². The first-order valence-electron chi connectivity index (χ1n) is 9.75. The van der Waals surface area contributed by atoms with Crippen LogP contribution in [0.25, 0.3) is 0 Å². The summed E-state index contributed by atoms with van der Waals surface area (Å²) in [5, 5.41) is 5.56. The molecule has 29 heavy (non-hydrogen) atoms. The van der Waals surface area contributed by atoms with Crippen LogP contribution in [0.3, 0.4) is 0 Å². The number of guanidine groups is 1. The van der Waals surface area contributed by atoms with Gasteiger partial charge in [0.1, 0.15) is 0 Å². The Hall–Kier alpha value is -0.430. The molecule has 0 bridgehead atoms. The molecule has 1 N–H and O–H groups in total. The second-order valence-corrected chi connectivity index (χ2v) is 10.9. The van der Waals surface area contributed by atoms with Crippen molar-refractivity contribution in [2.24, 2.45) is 4.99 Å². The summed E-state index contributed by atoms with van der Waals surface area (Å²) in [4.78, 5) is 7.85. The van der Waals surface area contributed by atoms with E-state index in [0.717, 1.165) is 12.5 Å². The summed E-state index contributed by atoms with van der Waals surface area (Å²) in [6.07, 6.45) is 0.0415. The van der Waals surface area contributed by atoms with Crippen molar-refractivity contribution >= 4 is 51.3 Å². The fourth-order valence-electron chi connectivity index (χ4n) is 3.08. The second kappa shape index (κ2) is 11.8. The number of hydrogen-bond acceptors (Lipinski definition) is 5. The van der Waals surface area contributed by atoms with Crippen molar-refractivity contribution in [1.29, 1.82) is 0 Å². The van der Waals surface area contributed by atoms with Crippen molar-refractivity contribution < 1.29 is 13.2 Å². The highest BCUT2D eigenvalue weighted by molar-refractivity contribution is 14.0. The number of nitrogens with zero attached hydrogens (tertiary/aromatic N) is 3. The highest BCUT2D eigenvalue weighted by atomic mass is 127. The van der Waals surface area contributed by atoms with Crippen LogP contribution in [0, 0.1) is 0 Å². The number of rotatable bonds is 8. The zero-order valence-electron chi connectivity index (χ0n) is 18.1. The molecule has 1 aliphatic rings. The van der Waals surface area contributed by atoms with Gasteiger partial charge in [0.2, 0.25) is 10.0 Å². The fraction of sp³-hybridized carbons (Fsp3) is 0.737. The molecule has 0 aliphatic carbocycles. The third kappa shape index (κ3) is 7.97. The predicted octanol–water partition coefficient (Wildman–Crippen LogP) is 2.59. The van der Waals surface area contributed by atoms with Gasteiger partial charge in [-0.25, -0.2) is 8.42 Å². The Balaban J connectivity index is 0.00000420. The lowest BCUT2D eigenvalue weighted by Crippen LogP contribution is -2.55. The van der Waals surface area contributed by atoms with E-state index < -0.39 is 10.0 Å². The van der Waals surface area contributed by atoms with E-state index in [4.69, 9.17) is 4.74 Å². The summed E-state index contributed by atoms with van der Waals surface area (Å²) in [5.41, 5.74) is 0.00564. The van der Waals surface area contributed by atoms with Gasteiger partial charge >= 0.3 is 0 Å². The van der Waals surface area contributed by atoms with Crippen molar-refractivity contribution in [3.8, 4) is 0 Å². The molecule has 1 aromatic heterocycles. The number of ether oxygens (including phenoxy) is 1. The van der Waals surface area contributed by atoms with E-state index in [1.165, 1.54) is 4.88 Å². The van der Waals surface area contributed by atoms with Crippen LogP contribution in [-0.4, -0.2) is 81.8 Å². The lowest BCUT2D eigenvalue weighted by Gasteiger charge is -2.36. The molecule has 0 aromatic carbocycles. The number of halogens is 1. The third-order valence-corrected chi connectivity index (χ3v) is 7.88. The molecule has 0 radical (unpaired) electrons. The summed E-state index contributed by atoms with van der Waals surface area (Å²) >= 11 is 1.76. The van der Waals surface area contributed by atoms with Gasteiger partial charge in [-0.1, -0.05) is 19.9 Å². The van der Waals surface area contributed by atoms with Gasteiger partial charge < -0.3 is 15.0 Å². The highest BCUT2D eigenvalue weighted by Crippen LogP contribution is 2.26. The fourth-order valence-corrected chi connectivity index (χ4v) is 5.22. The van der Waals surface area contributed by atoms with E-state index in [1.807, 2.05) is 13.8 Å². The van der Waals surface area contributed by atoms with Gasteiger partial charge in [0.15, 0.2) is 5.96 Å². The standard InChI is InChI=1S/C19H34N4O3S2.HI/c1-16(2)26-12-14-28(24,25)23-10-8-22(9-11-23)18(20-5)21-15-19(3,4)17-7-6-13-27-17;/h6-7,13,16H,8-12,14-15H2,1-5H3,(H,20,21);1H. The average molecular weight is 559 g/mol. The monoisotopic (exact) mass is 558 g/mol. The summed E-state index contributed by atoms with van der Waals surface area (Å²) in [7, 11) is -1.51. The minimum atomic E-state index is -3.28. The van der Waals surface area contributed by atoms with Gasteiger partial charge in [-0.3, -0.25) is 4.99 Å². The van der Waals surface area contributed by atoms with E-state index in [1.54, 1.807) is 22.7 Å². The van der Waals surface area contributed by atoms with Crippen LogP contribution in [0.4, 0.5) is 0 Å². The molecular weight excluding hydrogens is 523 g/mol. The smallest absolute Gasteiger partial charge is 0.216 e. The van der Waals surface area contributed by atoms with E-state index >= 15 is 0 Å². The van der Waals surface area contributed by atoms with Crippen LogP contribution in [-0.2, 0) is 20.2 Å². The summed E-state index contributed by atoms with van der Waals surface area (Å²) in [5.74, 6) is 0.859. The van der Waals surface area contributed by atoms with Crippen LogP contribution in [0.1, 0.15) is 32.6 Å². The maximum absolute atomic E-state index is 12.5. The minimum absolute atomic E-state index is 0. The lowest BCUT2D eigenvalue weighted by atomic mass is 9.91. The number of sulfonamides is 1. The molecule has 1 saturated heterocycles. The molecule has 0 spiro atoms. The number of piperazine rings is 1. The second-order valence-electron chi connectivity index (χ2n) is 7.88. The molecule has 2 heterocycles. The number of nitrogens with one attached hydrogen (secondary N) is 1. The normalized spacial score (nSPS) is 16.8. The Morgan fingerprint density at radius 2 is 1.97 bits per heavy atom. The maximum Gasteiger partial charge on any atom is 0.216 e. The lowest BCUT2D eigenvalue weighted by molar-refractivity contribution is 0.0904. The first-order chi connectivity index (χ1) is 13.2. The Labute approximate surface area is 197 Å². The van der Waals surface area contributed by atoms with Gasteiger partial charge in [0.25, 0.3) is 0 Å². The molecular formula is C19H35IN4O3S2. The van der Waals surface area contributed by atoms with E-state index in [2.05, 4.69) is 46.6 Å². The summed E-state index contributed by atoms with van der Waals surface area (Å²) in [6.45, 7) is 11.4. The van der Waals surface area contributed by atoms with Gasteiger partial charge in [-0.05, 0) is 25.3 Å². The molecule has 7 nitrogen and oxygen atoms in total. The van der Waals surface area contributed by atoms with Crippen LogP contribution < -0.4 is 5.32 Å². The van der Waals surface area contributed by atoms with Crippen molar-refractivity contribution in [2.75, 3.05) is 52.1 Å². The molecule has 168 valence electrons. The summed E-state index contributed by atoms with van der Waals surface area (Å²) in [6, 6.07) is 4.23. The van der Waals surface area contributed by atoms with Crippen molar-refractivity contribution in [1.82, 2.24) is 14.5 Å². The first-order valence-corrected chi connectivity index (χ1v) is 12.2. The van der Waals surface area contributed by atoms with Crippen molar-refractivity contribution in [2.45, 2.75) is 39.2 Å². The Morgan fingerprint density at radius 1 is 1.31 bits per heavy atom. The largest absolute Gasteiger partial charge is 0.378 e. The number of aliphatic imine (C=N–C) groups is 1. The third-order valence-electron chi connectivity index (χ3n) is 4.81. The molecule has 0 saturated carbocycles. The van der Waals surface area contributed by atoms with Crippen LogP contribution in [0.5, 0.6) is 0 Å². The molecule has 1 aromatic rings. The van der Waals surface area contributed by atoms with Gasteiger partial charge in [0.05, 0.1) is 18.5 Å². The van der Waals surface area contributed by atoms with E-state index in [-0.39, 0.29) is 47.9 Å². The summed E-state index contributed by atoms with van der Waals surface area (Å²) < 4.78 is 31.9. The van der Waals surface area contributed by atoms with E-state index in [9.17, 15) is 8.42 Å². The van der Waals surface area contributed by atoms with Crippen LogP contribution in [0.2, 0.25) is 0 Å². The molecule has 0 unspecified atom stereocenters. The first kappa shape index (κ1) is 26.6. The number of hydrogen-bond donors (Lipinski definition) is 1. The molecule has 1 aliphatic heterocycles. The Morgan fingerprint density at radius 3 is 2.48 bits per heavy atom. The molecule has 1 fully saturated rings. The predicted molar refractivity (Wildman–Crippen MR) is 132 cm³/mol. The zero-order valence-corrected chi connectivity index (χ0v) is 22.0. The minimum Gasteiger partial charge on any atom is -0.378 e. The zero-order chi connectivity index (χ0) is 20.8. The van der Waals surface area contributed by atoms with Gasteiger partial charge in [-0.2, -0.15) is 4.31 Å². The molecule has 0 amide bonds. The Bertz CT molecular complexity index is 729. The highest BCUT2D eigenvalue weighted by Gasteiger charge is 2.29. The van der Waals surface area contributed by atoms with Crippen molar-refractivity contribution in [3.63, 3.8) is 0 Å². The van der Waals surface area contributed by atoms with Gasteiger partial charge in [0, 0.05) is 50.1 Å².